The monoisotopic (exact) mass is 469 g/mol. The standard InChI is InChI=1S/C21H31N3O9/c25-15-11-33-21(32,18(28)17(15)27)12-22-9-5-4-8-14(20(30)31)24-16(26)10-23-19(29)13-6-2-1-3-7-13/h1-3,6-7,14-15,17-18,22,25,27-28,32H,4-5,8-12H2,(H,23,29)(H,24,26)(H,30,31). The zero-order chi connectivity index (χ0) is 24.4. The highest BCUT2D eigenvalue weighted by Crippen LogP contribution is 2.23. The van der Waals surface area contributed by atoms with Gasteiger partial charge in [0.2, 0.25) is 11.7 Å². The fourth-order valence-corrected chi connectivity index (χ4v) is 3.27. The van der Waals surface area contributed by atoms with Gasteiger partial charge in [0.05, 0.1) is 19.7 Å². The molecule has 1 heterocycles. The molecule has 8 N–H and O–H groups in total. The van der Waals surface area contributed by atoms with Crippen LogP contribution >= 0.6 is 0 Å². The lowest BCUT2D eigenvalue weighted by Gasteiger charge is -2.41. The molecule has 33 heavy (non-hydrogen) atoms. The number of benzene rings is 1. The second kappa shape index (κ2) is 12.6. The van der Waals surface area contributed by atoms with Gasteiger partial charge in [-0.05, 0) is 37.9 Å². The Bertz CT molecular complexity index is 794. The number of hydrogen-bond donors (Lipinski definition) is 8. The number of hydrogen-bond acceptors (Lipinski definition) is 9. The Hall–Kier alpha value is -2.61. The first-order chi connectivity index (χ1) is 15.6. The van der Waals surface area contributed by atoms with Crippen LogP contribution in [0.3, 0.4) is 0 Å². The summed E-state index contributed by atoms with van der Waals surface area (Å²) in [6.07, 6.45) is -3.48. The van der Waals surface area contributed by atoms with Crippen LogP contribution < -0.4 is 16.0 Å². The van der Waals surface area contributed by atoms with Gasteiger partial charge in [0.25, 0.3) is 5.91 Å². The lowest BCUT2D eigenvalue weighted by Crippen LogP contribution is -2.64. The average molecular weight is 469 g/mol. The molecule has 1 aromatic rings. The van der Waals surface area contributed by atoms with E-state index in [0.717, 1.165) is 0 Å². The lowest BCUT2D eigenvalue weighted by atomic mass is 9.97. The van der Waals surface area contributed by atoms with Crippen molar-refractivity contribution in [3.8, 4) is 0 Å². The second-order valence-corrected chi connectivity index (χ2v) is 7.84. The van der Waals surface area contributed by atoms with Crippen LogP contribution in [-0.4, -0.2) is 99.7 Å². The molecule has 184 valence electrons. The van der Waals surface area contributed by atoms with Crippen LogP contribution in [-0.2, 0) is 14.3 Å². The summed E-state index contributed by atoms with van der Waals surface area (Å²) in [6, 6.07) is 7.17. The first-order valence-electron chi connectivity index (χ1n) is 10.6. The number of aliphatic carboxylic acids is 1. The third-order valence-electron chi connectivity index (χ3n) is 5.24. The molecule has 1 aromatic carbocycles. The summed E-state index contributed by atoms with van der Waals surface area (Å²) in [5, 5.41) is 56.2. The van der Waals surface area contributed by atoms with Crippen molar-refractivity contribution in [3.63, 3.8) is 0 Å². The van der Waals surface area contributed by atoms with E-state index in [4.69, 9.17) is 4.74 Å². The minimum atomic E-state index is -2.06. The van der Waals surface area contributed by atoms with Crippen molar-refractivity contribution in [3.05, 3.63) is 35.9 Å². The maximum atomic E-state index is 12.0. The number of carbonyl (C=O) groups excluding carboxylic acids is 2. The highest BCUT2D eigenvalue weighted by molar-refractivity contribution is 5.96. The molecule has 5 unspecified atom stereocenters. The Morgan fingerprint density at radius 1 is 1.12 bits per heavy atom. The third-order valence-corrected chi connectivity index (χ3v) is 5.24. The lowest BCUT2D eigenvalue weighted by molar-refractivity contribution is -0.317. The Kier molecular flexibility index (Phi) is 10.2. The van der Waals surface area contributed by atoms with E-state index in [0.29, 0.717) is 24.9 Å². The SMILES string of the molecule is O=C(CNC(=O)c1ccccc1)NC(CCCCNCC1(O)OCC(O)C(O)C1O)C(=O)O. The van der Waals surface area contributed by atoms with Crippen molar-refractivity contribution in [2.24, 2.45) is 0 Å². The van der Waals surface area contributed by atoms with Crippen LogP contribution in [0.1, 0.15) is 29.6 Å². The first-order valence-corrected chi connectivity index (χ1v) is 10.6. The predicted molar refractivity (Wildman–Crippen MR) is 114 cm³/mol. The molecule has 1 saturated heterocycles. The number of nitrogens with one attached hydrogen (secondary N) is 3. The molecular weight excluding hydrogens is 438 g/mol. The maximum absolute atomic E-state index is 12.0. The van der Waals surface area contributed by atoms with Crippen molar-refractivity contribution in [1.82, 2.24) is 16.0 Å². The molecule has 0 radical (unpaired) electrons. The number of carbonyl (C=O) groups is 3. The largest absolute Gasteiger partial charge is 0.480 e. The summed E-state index contributed by atoms with van der Waals surface area (Å²) in [6.45, 7) is -0.564. The molecule has 1 aliphatic heterocycles. The molecule has 0 spiro atoms. The van der Waals surface area contributed by atoms with Gasteiger partial charge in [0.15, 0.2) is 0 Å². The summed E-state index contributed by atoms with van der Waals surface area (Å²) in [5.74, 6) is -4.33. The van der Waals surface area contributed by atoms with Crippen molar-refractivity contribution in [2.45, 2.75) is 49.4 Å². The van der Waals surface area contributed by atoms with Gasteiger partial charge in [0.1, 0.15) is 24.4 Å². The first kappa shape index (κ1) is 26.6. The number of aliphatic hydroxyl groups is 4. The number of ether oxygens (including phenoxy) is 1. The van der Waals surface area contributed by atoms with Gasteiger partial charge in [-0.3, -0.25) is 9.59 Å². The third kappa shape index (κ3) is 8.03. The minimum Gasteiger partial charge on any atom is -0.480 e. The van der Waals surface area contributed by atoms with Gasteiger partial charge in [-0.2, -0.15) is 0 Å². The van der Waals surface area contributed by atoms with Crippen LogP contribution in [0.25, 0.3) is 0 Å². The van der Waals surface area contributed by atoms with Crippen molar-refractivity contribution < 1.29 is 44.7 Å². The number of carboxylic acid groups (broad SMARTS) is 1. The van der Waals surface area contributed by atoms with Crippen LogP contribution in [0.15, 0.2) is 30.3 Å². The predicted octanol–water partition coefficient (Wildman–Crippen LogP) is -2.45. The fraction of sp³-hybridized carbons (Fsp3) is 0.571. The Morgan fingerprint density at radius 2 is 1.82 bits per heavy atom. The quantitative estimate of drug-likeness (QED) is 0.152. The van der Waals surface area contributed by atoms with Crippen LogP contribution in [0.4, 0.5) is 0 Å². The zero-order valence-electron chi connectivity index (χ0n) is 18.0. The van der Waals surface area contributed by atoms with Gasteiger partial charge >= 0.3 is 5.97 Å². The fourth-order valence-electron chi connectivity index (χ4n) is 3.27. The van der Waals surface area contributed by atoms with E-state index in [-0.39, 0.29) is 26.1 Å². The Morgan fingerprint density at radius 3 is 2.48 bits per heavy atom. The highest BCUT2D eigenvalue weighted by atomic mass is 16.6. The molecule has 12 heteroatoms. The van der Waals surface area contributed by atoms with Gasteiger partial charge in [-0.15, -0.1) is 0 Å². The van der Waals surface area contributed by atoms with E-state index < -0.39 is 47.9 Å². The van der Waals surface area contributed by atoms with Gasteiger partial charge in [0, 0.05) is 5.56 Å². The molecule has 0 aliphatic carbocycles. The molecule has 1 fully saturated rings. The van der Waals surface area contributed by atoms with Gasteiger partial charge in [-0.25, -0.2) is 4.79 Å². The molecule has 1 aliphatic rings. The normalized spacial score (nSPS) is 25.8. The summed E-state index contributed by atoms with van der Waals surface area (Å²) in [5.41, 5.74) is 0.383. The van der Waals surface area contributed by atoms with Crippen molar-refractivity contribution >= 4 is 17.8 Å². The summed E-state index contributed by atoms with van der Waals surface area (Å²) in [7, 11) is 0. The van der Waals surface area contributed by atoms with Crippen molar-refractivity contribution in [2.75, 3.05) is 26.2 Å². The zero-order valence-corrected chi connectivity index (χ0v) is 18.0. The van der Waals surface area contributed by atoms with E-state index in [1.165, 1.54) is 0 Å². The van der Waals surface area contributed by atoms with Crippen LogP contribution in [0.5, 0.6) is 0 Å². The minimum absolute atomic E-state index is 0.143. The van der Waals surface area contributed by atoms with Crippen LogP contribution in [0, 0.1) is 0 Å². The van der Waals surface area contributed by atoms with E-state index in [1.807, 2.05) is 0 Å². The average Bonchev–Trinajstić information content (AvgIpc) is 2.80. The Labute approximate surface area is 190 Å². The van der Waals surface area contributed by atoms with Crippen LogP contribution in [0.2, 0.25) is 0 Å². The topological polar surface area (TPSA) is 198 Å². The Balaban J connectivity index is 1.66. The summed E-state index contributed by atoms with van der Waals surface area (Å²) < 4.78 is 5.03. The molecule has 2 amide bonds. The van der Waals surface area contributed by atoms with E-state index in [2.05, 4.69) is 16.0 Å². The summed E-state index contributed by atoms with van der Waals surface area (Å²) in [4.78, 5) is 35.4. The summed E-state index contributed by atoms with van der Waals surface area (Å²) >= 11 is 0. The molecule has 12 nitrogen and oxygen atoms in total. The molecule has 0 bridgehead atoms. The van der Waals surface area contributed by atoms with Gasteiger partial charge in [-0.1, -0.05) is 18.2 Å². The van der Waals surface area contributed by atoms with E-state index >= 15 is 0 Å². The van der Waals surface area contributed by atoms with Crippen molar-refractivity contribution in [1.29, 1.82) is 0 Å². The number of rotatable bonds is 12. The second-order valence-electron chi connectivity index (χ2n) is 7.84. The van der Waals surface area contributed by atoms with Gasteiger partial charge < -0.3 is 46.2 Å². The molecular formula is C21H31N3O9. The molecule has 5 atom stereocenters. The maximum Gasteiger partial charge on any atom is 0.326 e. The molecule has 2 rings (SSSR count). The number of amides is 2. The van der Waals surface area contributed by atoms with E-state index in [1.54, 1.807) is 30.3 Å². The molecule has 0 saturated carbocycles. The smallest absolute Gasteiger partial charge is 0.326 e. The number of unbranched alkanes of at least 4 members (excludes halogenated alkanes) is 1. The van der Waals surface area contributed by atoms with E-state index in [9.17, 15) is 39.9 Å². The highest BCUT2D eigenvalue weighted by Gasteiger charge is 2.48. The molecule has 0 aromatic heterocycles. The number of carboxylic acids is 1. The number of aliphatic hydroxyl groups excluding tert-OH is 3.